The van der Waals surface area contributed by atoms with Crippen LogP contribution < -0.4 is 10.1 Å². The Morgan fingerprint density at radius 3 is 3.12 bits per heavy atom. The van der Waals surface area contributed by atoms with Gasteiger partial charge in [0.1, 0.15) is 5.75 Å². The van der Waals surface area contributed by atoms with Crippen molar-refractivity contribution in [1.82, 2.24) is 5.32 Å². The molecule has 0 aliphatic heterocycles. The van der Waals surface area contributed by atoms with Gasteiger partial charge in [0, 0.05) is 18.8 Å². The lowest BCUT2D eigenvalue weighted by Gasteiger charge is -2.06. The zero-order valence-electron chi connectivity index (χ0n) is 9.53. The number of benzene rings is 1. The molecule has 86 valence electrons. The summed E-state index contributed by atoms with van der Waals surface area (Å²) in [5, 5.41) is 3.37. The maximum atomic E-state index is 5.16. The Hall–Kier alpha value is -1.11. The quantitative estimate of drug-likeness (QED) is 0.578. The molecule has 0 unspecified atom stereocenters. The van der Waals surface area contributed by atoms with Gasteiger partial charge in [-0.2, -0.15) is 0 Å². The first-order valence-corrected chi connectivity index (χ1v) is 6.37. The second kappa shape index (κ2) is 8.09. The number of methoxy groups -OCH3 is 1. The first kappa shape index (κ1) is 13.0. The predicted molar refractivity (Wildman–Crippen MR) is 70.9 cm³/mol. The molecule has 0 fully saturated rings. The van der Waals surface area contributed by atoms with Crippen molar-refractivity contribution < 1.29 is 4.74 Å². The summed E-state index contributed by atoms with van der Waals surface area (Å²) < 4.78 is 5.16. The van der Waals surface area contributed by atoms with Gasteiger partial charge in [-0.05, 0) is 17.7 Å². The van der Waals surface area contributed by atoms with E-state index >= 15 is 0 Å². The summed E-state index contributed by atoms with van der Waals surface area (Å²) in [7, 11) is 1.68. The van der Waals surface area contributed by atoms with Crippen LogP contribution in [0.1, 0.15) is 5.56 Å². The third-order valence-corrected chi connectivity index (χ3v) is 2.94. The molecule has 1 N–H and O–H groups in total. The van der Waals surface area contributed by atoms with E-state index in [1.807, 2.05) is 18.2 Å². The third kappa shape index (κ3) is 5.11. The lowest BCUT2D eigenvalue weighted by molar-refractivity contribution is 0.414. The second-order valence-electron chi connectivity index (χ2n) is 3.29. The molecule has 0 atom stereocenters. The topological polar surface area (TPSA) is 21.3 Å². The first-order valence-electron chi connectivity index (χ1n) is 5.21. The average molecular weight is 235 g/mol. The summed E-state index contributed by atoms with van der Waals surface area (Å²) in [4.78, 5) is 0. The summed E-state index contributed by atoms with van der Waals surface area (Å²) in [5.74, 6) is 5.36. The van der Waals surface area contributed by atoms with Gasteiger partial charge in [-0.25, -0.2) is 0 Å². The molecular formula is C13H17NOS. The van der Waals surface area contributed by atoms with Crippen molar-refractivity contribution in [3.63, 3.8) is 0 Å². The SMILES string of the molecule is C#CCSCCNCc1cccc(OC)c1. The minimum absolute atomic E-state index is 0.792. The molecule has 0 amide bonds. The molecule has 0 saturated carbocycles. The molecule has 3 heteroatoms. The minimum Gasteiger partial charge on any atom is -0.497 e. The number of ether oxygens (including phenoxy) is 1. The van der Waals surface area contributed by atoms with E-state index in [0.717, 1.165) is 30.3 Å². The highest BCUT2D eigenvalue weighted by atomic mass is 32.2. The Bertz CT molecular complexity index is 346. The van der Waals surface area contributed by atoms with Crippen molar-refractivity contribution in [2.24, 2.45) is 0 Å². The highest BCUT2D eigenvalue weighted by Crippen LogP contribution is 2.12. The molecule has 0 spiro atoms. The van der Waals surface area contributed by atoms with Crippen LogP contribution in [0.15, 0.2) is 24.3 Å². The van der Waals surface area contributed by atoms with Gasteiger partial charge >= 0.3 is 0 Å². The second-order valence-corrected chi connectivity index (χ2v) is 4.39. The Labute approximate surface area is 102 Å². The van der Waals surface area contributed by atoms with Crippen LogP contribution in [-0.4, -0.2) is 25.2 Å². The molecule has 1 aromatic carbocycles. The largest absolute Gasteiger partial charge is 0.497 e. The van der Waals surface area contributed by atoms with Gasteiger partial charge in [-0.3, -0.25) is 0 Å². The molecule has 0 bridgehead atoms. The fourth-order valence-electron chi connectivity index (χ4n) is 1.29. The summed E-state index contributed by atoms with van der Waals surface area (Å²) in [6.07, 6.45) is 5.16. The molecule has 0 saturated heterocycles. The smallest absolute Gasteiger partial charge is 0.119 e. The van der Waals surface area contributed by atoms with E-state index in [-0.39, 0.29) is 0 Å². The van der Waals surface area contributed by atoms with E-state index in [1.165, 1.54) is 5.56 Å². The zero-order valence-corrected chi connectivity index (χ0v) is 10.3. The highest BCUT2D eigenvalue weighted by Gasteiger charge is 1.95. The van der Waals surface area contributed by atoms with Gasteiger partial charge in [0.15, 0.2) is 0 Å². The lowest BCUT2D eigenvalue weighted by atomic mass is 10.2. The van der Waals surface area contributed by atoms with Crippen molar-refractivity contribution in [3.8, 4) is 18.1 Å². The average Bonchev–Trinajstić information content (AvgIpc) is 2.34. The maximum Gasteiger partial charge on any atom is 0.119 e. The van der Waals surface area contributed by atoms with Crippen molar-refractivity contribution in [3.05, 3.63) is 29.8 Å². The molecule has 0 aromatic heterocycles. The molecule has 0 radical (unpaired) electrons. The Morgan fingerprint density at radius 1 is 1.50 bits per heavy atom. The van der Waals surface area contributed by atoms with Crippen molar-refractivity contribution in [2.45, 2.75) is 6.54 Å². The maximum absolute atomic E-state index is 5.16. The summed E-state index contributed by atoms with van der Waals surface area (Å²) in [5.41, 5.74) is 1.24. The minimum atomic E-state index is 0.792. The molecular weight excluding hydrogens is 218 g/mol. The van der Waals surface area contributed by atoms with Gasteiger partial charge in [0.2, 0.25) is 0 Å². The Morgan fingerprint density at radius 2 is 2.38 bits per heavy atom. The lowest BCUT2D eigenvalue weighted by Crippen LogP contribution is -2.16. The standard InChI is InChI=1S/C13H17NOS/c1-3-8-16-9-7-14-11-12-5-4-6-13(10-12)15-2/h1,4-6,10,14H,7-9,11H2,2H3. The Kier molecular flexibility index (Phi) is 6.55. The number of nitrogens with one attached hydrogen (secondary N) is 1. The van der Waals surface area contributed by atoms with Crippen LogP contribution in [0.2, 0.25) is 0 Å². The van der Waals surface area contributed by atoms with Crippen LogP contribution in [0.3, 0.4) is 0 Å². The zero-order chi connectivity index (χ0) is 11.6. The number of thioether (sulfide) groups is 1. The molecule has 1 rings (SSSR count). The number of rotatable bonds is 7. The molecule has 2 nitrogen and oxygen atoms in total. The van der Waals surface area contributed by atoms with Gasteiger partial charge in [0.05, 0.1) is 12.9 Å². The molecule has 0 aliphatic carbocycles. The van der Waals surface area contributed by atoms with E-state index in [2.05, 4.69) is 17.3 Å². The monoisotopic (exact) mass is 235 g/mol. The van der Waals surface area contributed by atoms with E-state index in [0.29, 0.717) is 0 Å². The molecule has 0 aliphatic rings. The van der Waals surface area contributed by atoms with E-state index in [1.54, 1.807) is 18.9 Å². The van der Waals surface area contributed by atoms with Crippen LogP contribution in [0.25, 0.3) is 0 Å². The van der Waals surface area contributed by atoms with Crippen molar-refractivity contribution >= 4 is 11.8 Å². The Balaban J connectivity index is 2.19. The number of terminal acetylenes is 1. The fraction of sp³-hybridized carbons (Fsp3) is 0.385. The first-order chi connectivity index (χ1) is 7.86. The number of hydrogen-bond donors (Lipinski definition) is 1. The molecule has 0 heterocycles. The molecule has 1 aromatic rings. The third-order valence-electron chi connectivity index (χ3n) is 2.07. The van der Waals surface area contributed by atoms with Gasteiger partial charge in [-0.15, -0.1) is 18.2 Å². The van der Waals surface area contributed by atoms with Gasteiger partial charge < -0.3 is 10.1 Å². The van der Waals surface area contributed by atoms with E-state index < -0.39 is 0 Å². The van der Waals surface area contributed by atoms with Crippen molar-refractivity contribution in [1.29, 1.82) is 0 Å². The summed E-state index contributed by atoms with van der Waals surface area (Å²) in [6, 6.07) is 8.08. The normalized spacial score (nSPS) is 9.75. The van der Waals surface area contributed by atoms with Crippen LogP contribution in [0, 0.1) is 12.3 Å². The van der Waals surface area contributed by atoms with E-state index in [9.17, 15) is 0 Å². The van der Waals surface area contributed by atoms with Crippen LogP contribution in [0.4, 0.5) is 0 Å². The van der Waals surface area contributed by atoms with Crippen LogP contribution in [-0.2, 0) is 6.54 Å². The van der Waals surface area contributed by atoms with Gasteiger partial charge in [-0.1, -0.05) is 18.1 Å². The predicted octanol–water partition coefficient (Wildman–Crippen LogP) is 2.15. The summed E-state index contributed by atoms with van der Waals surface area (Å²) >= 11 is 1.77. The van der Waals surface area contributed by atoms with Crippen molar-refractivity contribution in [2.75, 3.05) is 25.2 Å². The molecule has 16 heavy (non-hydrogen) atoms. The highest BCUT2D eigenvalue weighted by molar-refractivity contribution is 7.99. The van der Waals surface area contributed by atoms with Gasteiger partial charge in [0.25, 0.3) is 0 Å². The number of hydrogen-bond acceptors (Lipinski definition) is 3. The summed E-state index contributed by atoms with van der Waals surface area (Å²) in [6.45, 7) is 1.84. The van der Waals surface area contributed by atoms with Crippen LogP contribution >= 0.6 is 11.8 Å². The van der Waals surface area contributed by atoms with E-state index in [4.69, 9.17) is 11.2 Å². The fourth-order valence-corrected chi connectivity index (χ4v) is 1.84. The van der Waals surface area contributed by atoms with Crippen LogP contribution in [0.5, 0.6) is 5.75 Å².